The molecule has 1 rings (SSSR count). The first-order valence-electron chi connectivity index (χ1n) is 5.82. The SMILES string of the molecule is CCc1ccc(OC(CO)C(N)COC)cc1. The van der Waals surface area contributed by atoms with Crippen molar-refractivity contribution in [1.82, 2.24) is 0 Å². The molecule has 0 aliphatic heterocycles. The zero-order chi connectivity index (χ0) is 12.7. The summed E-state index contributed by atoms with van der Waals surface area (Å²) in [5.41, 5.74) is 7.08. The molecule has 0 aliphatic rings. The summed E-state index contributed by atoms with van der Waals surface area (Å²) in [5, 5.41) is 9.22. The second-order valence-electron chi connectivity index (χ2n) is 3.96. The molecule has 0 saturated carbocycles. The Morgan fingerprint density at radius 2 is 1.94 bits per heavy atom. The van der Waals surface area contributed by atoms with Gasteiger partial charge in [0.1, 0.15) is 11.9 Å². The highest BCUT2D eigenvalue weighted by molar-refractivity contribution is 5.27. The van der Waals surface area contributed by atoms with E-state index in [1.807, 2.05) is 24.3 Å². The van der Waals surface area contributed by atoms with Gasteiger partial charge in [-0.2, -0.15) is 0 Å². The first-order chi connectivity index (χ1) is 8.21. The van der Waals surface area contributed by atoms with Gasteiger partial charge in [-0.3, -0.25) is 0 Å². The average Bonchev–Trinajstić information content (AvgIpc) is 2.37. The predicted molar refractivity (Wildman–Crippen MR) is 67.2 cm³/mol. The van der Waals surface area contributed by atoms with Crippen LogP contribution in [0.2, 0.25) is 0 Å². The summed E-state index contributed by atoms with van der Waals surface area (Å²) >= 11 is 0. The molecule has 4 nitrogen and oxygen atoms in total. The van der Waals surface area contributed by atoms with Gasteiger partial charge >= 0.3 is 0 Å². The zero-order valence-electron chi connectivity index (χ0n) is 10.4. The highest BCUT2D eigenvalue weighted by atomic mass is 16.5. The summed E-state index contributed by atoms with van der Waals surface area (Å²) in [6.45, 7) is 2.33. The van der Waals surface area contributed by atoms with Crippen molar-refractivity contribution in [1.29, 1.82) is 0 Å². The number of nitrogens with two attached hydrogens (primary N) is 1. The van der Waals surface area contributed by atoms with E-state index in [2.05, 4.69) is 6.92 Å². The minimum absolute atomic E-state index is 0.125. The van der Waals surface area contributed by atoms with E-state index < -0.39 is 6.10 Å². The summed E-state index contributed by atoms with van der Waals surface area (Å²) in [6.07, 6.45) is 0.551. The van der Waals surface area contributed by atoms with Crippen LogP contribution in [0.15, 0.2) is 24.3 Å². The fourth-order valence-corrected chi connectivity index (χ4v) is 1.54. The zero-order valence-corrected chi connectivity index (χ0v) is 10.4. The van der Waals surface area contributed by atoms with Gasteiger partial charge in [0.2, 0.25) is 0 Å². The summed E-state index contributed by atoms with van der Waals surface area (Å²) < 4.78 is 10.6. The maximum Gasteiger partial charge on any atom is 0.139 e. The van der Waals surface area contributed by atoms with Crippen LogP contribution in [0.25, 0.3) is 0 Å². The van der Waals surface area contributed by atoms with E-state index in [1.54, 1.807) is 7.11 Å². The summed E-state index contributed by atoms with van der Waals surface area (Å²) in [4.78, 5) is 0. The molecule has 3 N–H and O–H groups in total. The first kappa shape index (κ1) is 14.0. The number of hydrogen-bond acceptors (Lipinski definition) is 4. The van der Waals surface area contributed by atoms with Crippen LogP contribution in [0.5, 0.6) is 5.75 Å². The topological polar surface area (TPSA) is 64.7 Å². The molecule has 0 fully saturated rings. The highest BCUT2D eigenvalue weighted by Crippen LogP contribution is 2.15. The van der Waals surface area contributed by atoms with Crippen molar-refractivity contribution in [2.24, 2.45) is 5.73 Å². The Morgan fingerprint density at radius 1 is 1.29 bits per heavy atom. The van der Waals surface area contributed by atoms with E-state index in [-0.39, 0.29) is 12.6 Å². The molecule has 17 heavy (non-hydrogen) atoms. The smallest absolute Gasteiger partial charge is 0.139 e. The Hall–Kier alpha value is -1.10. The Labute approximate surface area is 102 Å². The van der Waals surface area contributed by atoms with E-state index in [4.69, 9.17) is 15.2 Å². The lowest BCUT2D eigenvalue weighted by Crippen LogP contribution is -2.44. The predicted octanol–water partition coefficient (Wildman–Crippen LogP) is 0.962. The molecule has 4 heteroatoms. The molecule has 2 unspecified atom stereocenters. The first-order valence-corrected chi connectivity index (χ1v) is 5.82. The highest BCUT2D eigenvalue weighted by Gasteiger charge is 2.18. The molecule has 0 amide bonds. The van der Waals surface area contributed by atoms with Gasteiger partial charge in [0.15, 0.2) is 0 Å². The van der Waals surface area contributed by atoms with Crippen LogP contribution >= 0.6 is 0 Å². The molecule has 0 heterocycles. The van der Waals surface area contributed by atoms with Crippen LogP contribution < -0.4 is 10.5 Å². The number of benzene rings is 1. The molecule has 1 aromatic carbocycles. The van der Waals surface area contributed by atoms with Crippen molar-refractivity contribution in [3.63, 3.8) is 0 Å². The second kappa shape index (κ2) is 7.27. The lowest BCUT2D eigenvalue weighted by atomic mass is 10.1. The summed E-state index contributed by atoms with van der Waals surface area (Å²) in [6, 6.07) is 7.45. The van der Waals surface area contributed by atoms with Gasteiger partial charge in [-0.05, 0) is 24.1 Å². The van der Waals surface area contributed by atoms with Crippen molar-refractivity contribution < 1.29 is 14.6 Å². The number of rotatable bonds is 7. The number of aryl methyl sites for hydroxylation is 1. The van der Waals surface area contributed by atoms with Gasteiger partial charge in [-0.25, -0.2) is 0 Å². The van der Waals surface area contributed by atoms with Gasteiger partial charge in [0.25, 0.3) is 0 Å². The molecule has 1 aromatic rings. The van der Waals surface area contributed by atoms with E-state index in [0.29, 0.717) is 12.4 Å². The van der Waals surface area contributed by atoms with E-state index >= 15 is 0 Å². The van der Waals surface area contributed by atoms with Gasteiger partial charge < -0.3 is 20.3 Å². The monoisotopic (exact) mass is 239 g/mol. The fourth-order valence-electron chi connectivity index (χ4n) is 1.54. The molecule has 0 aliphatic carbocycles. The van der Waals surface area contributed by atoms with Crippen molar-refractivity contribution in [2.45, 2.75) is 25.5 Å². The molecule has 0 saturated heterocycles. The minimum atomic E-state index is -0.442. The number of hydrogen-bond donors (Lipinski definition) is 2. The maximum atomic E-state index is 9.22. The third-order valence-electron chi connectivity index (χ3n) is 2.64. The Balaban J connectivity index is 2.60. The Kier molecular flexibility index (Phi) is 5.97. The van der Waals surface area contributed by atoms with E-state index in [1.165, 1.54) is 5.56 Å². The third-order valence-corrected chi connectivity index (χ3v) is 2.64. The molecule has 0 spiro atoms. The lowest BCUT2D eigenvalue weighted by Gasteiger charge is -2.22. The molecular formula is C13H21NO3. The van der Waals surface area contributed by atoms with Crippen LogP contribution in [0.3, 0.4) is 0 Å². The van der Waals surface area contributed by atoms with Crippen molar-refractivity contribution in [3.05, 3.63) is 29.8 Å². The number of ether oxygens (including phenoxy) is 2. The van der Waals surface area contributed by atoms with Gasteiger partial charge in [-0.15, -0.1) is 0 Å². The van der Waals surface area contributed by atoms with Gasteiger partial charge in [0, 0.05) is 7.11 Å². The van der Waals surface area contributed by atoms with Crippen LogP contribution in [-0.2, 0) is 11.2 Å². The van der Waals surface area contributed by atoms with E-state index in [9.17, 15) is 5.11 Å². The summed E-state index contributed by atoms with van der Waals surface area (Å²) in [7, 11) is 1.57. The number of methoxy groups -OCH3 is 1. The largest absolute Gasteiger partial charge is 0.486 e. The normalized spacial score (nSPS) is 14.4. The van der Waals surface area contributed by atoms with Crippen LogP contribution in [-0.4, -0.2) is 37.6 Å². The minimum Gasteiger partial charge on any atom is -0.486 e. The fraction of sp³-hybridized carbons (Fsp3) is 0.538. The molecule has 0 bridgehead atoms. The lowest BCUT2D eigenvalue weighted by molar-refractivity contribution is 0.0605. The quantitative estimate of drug-likeness (QED) is 0.744. The van der Waals surface area contributed by atoms with Crippen molar-refractivity contribution in [3.8, 4) is 5.75 Å². The van der Waals surface area contributed by atoms with Crippen LogP contribution in [0.1, 0.15) is 12.5 Å². The number of aliphatic hydroxyl groups is 1. The third kappa shape index (κ3) is 4.34. The van der Waals surface area contributed by atoms with Crippen molar-refractivity contribution >= 4 is 0 Å². The van der Waals surface area contributed by atoms with E-state index in [0.717, 1.165) is 6.42 Å². The average molecular weight is 239 g/mol. The standard InChI is InChI=1S/C13H21NO3/c1-3-10-4-6-11(7-5-10)17-13(8-15)12(14)9-16-2/h4-7,12-13,15H,3,8-9,14H2,1-2H3. The van der Waals surface area contributed by atoms with Gasteiger partial charge in [0.05, 0.1) is 19.3 Å². The number of aliphatic hydroxyl groups excluding tert-OH is 1. The summed E-state index contributed by atoms with van der Waals surface area (Å²) in [5.74, 6) is 0.716. The van der Waals surface area contributed by atoms with Crippen molar-refractivity contribution in [2.75, 3.05) is 20.3 Å². The molecule has 0 aromatic heterocycles. The van der Waals surface area contributed by atoms with Gasteiger partial charge in [-0.1, -0.05) is 19.1 Å². The Bertz CT molecular complexity index is 313. The Morgan fingerprint density at radius 3 is 2.41 bits per heavy atom. The molecule has 2 atom stereocenters. The molecule has 96 valence electrons. The molecular weight excluding hydrogens is 218 g/mol. The van der Waals surface area contributed by atoms with Crippen LogP contribution in [0.4, 0.5) is 0 Å². The maximum absolute atomic E-state index is 9.22. The van der Waals surface area contributed by atoms with Crippen LogP contribution in [0, 0.1) is 0 Å². The second-order valence-corrected chi connectivity index (χ2v) is 3.96. The molecule has 0 radical (unpaired) electrons.